The Morgan fingerprint density at radius 2 is 1.26 bits per heavy atom. The van der Waals surface area contributed by atoms with Crippen molar-refractivity contribution in [2.24, 2.45) is 0 Å². The zero-order chi connectivity index (χ0) is 31.3. The van der Waals surface area contributed by atoms with E-state index in [-0.39, 0.29) is 5.41 Å². The van der Waals surface area contributed by atoms with E-state index in [0.717, 1.165) is 39.6 Å². The van der Waals surface area contributed by atoms with Crippen molar-refractivity contribution in [3.8, 4) is 39.5 Å². The minimum atomic E-state index is -0.266. The zero-order valence-electron chi connectivity index (χ0n) is 26.0. The highest BCUT2D eigenvalue weighted by Crippen LogP contribution is 2.51. The van der Waals surface area contributed by atoms with E-state index >= 15 is 0 Å². The molecular formula is C43H29N3S. The molecule has 3 nitrogen and oxygen atoms in total. The van der Waals surface area contributed by atoms with Crippen LogP contribution < -0.4 is 0 Å². The highest BCUT2D eigenvalue weighted by atomic mass is 32.1. The van der Waals surface area contributed by atoms with E-state index in [1.807, 2.05) is 11.3 Å². The fraction of sp³-hybridized carbons (Fsp3) is 0.0698. The van der Waals surface area contributed by atoms with Crippen molar-refractivity contribution >= 4 is 53.3 Å². The summed E-state index contributed by atoms with van der Waals surface area (Å²) in [5.74, 6) is 0.744. The molecule has 9 aromatic rings. The first kappa shape index (κ1) is 26.6. The molecule has 0 spiro atoms. The number of hydrogen-bond acceptors (Lipinski definition) is 3. The lowest BCUT2D eigenvalue weighted by Crippen LogP contribution is -2.17. The molecule has 0 amide bonds. The van der Waals surface area contributed by atoms with Gasteiger partial charge in [0.1, 0.15) is 0 Å². The molecule has 3 heterocycles. The van der Waals surface area contributed by atoms with Gasteiger partial charge in [0.05, 0.1) is 32.8 Å². The predicted octanol–water partition coefficient (Wildman–Crippen LogP) is 11.6. The number of fused-ring (bicyclic) bond motifs is 10. The van der Waals surface area contributed by atoms with Crippen molar-refractivity contribution in [2.75, 3.05) is 0 Å². The van der Waals surface area contributed by atoms with E-state index in [0.29, 0.717) is 0 Å². The Balaban J connectivity index is 1.31. The van der Waals surface area contributed by atoms with Gasteiger partial charge in [0.15, 0.2) is 5.82 Å². The SMILES string of the molecule is CC1(C)c2ccccc2-c2c(-c3ccccc3)nc(-c3ccccc3-n3c4ccccc4c4ccc5c6ccccc6sc5c43)nc21. The third kappa shape index (κ3) is 3.67. The Labute approximate surface area is 276 Å². The third-order valence-corrected chi connectivity index (χ3v) is 11.2. The molecule has 3 aromatic heterocycles. The second-order valence-electron chi connectivity index (χ2n) is 13.0. The second-order valence-corrected chi connectivity index (χ2v) is 14.0. The molecule has 0 radical (unpaired) electrons. The maximum absolute atomic E-state index is 5.48. The Kier molecular flexibility index (Phi) is 5.50. The number of para-hydroxylation sites is 2. The number of nitrogens with zero attached hydrogens (tertiary/aromatic N) is 3. The number of aromatic nitrogens is 3. The topological polar surface area (TPSA) is 30.7 Å². The zero-order valence-corrected chi connectivity index (χ0v) is 26.8. The molecule has 0 saturated heterocycles. The highest BCUT2D eigenvalue weighted by Gasteiger charge is 2.39. The normalized spacial score (nSPS) is 13.5. The Morgan fingerprint density at radius 1 is 0.574 bits per heavy atom. The fourth-order valence-electron chi connectivity index (χ4n) is 7.81. The molecule has 0 saturated carbocycles. The van der Waals surface area contributed by atoms with Crippen LogP contribution in [0, 0.1) is 0 Å². The van der Waals surface area contributed by atoms with Crippen molar-refractivity contribution in [3.05, 3.63) is 151 Å². The molecule has 222 valence electrons. The van der Waals surface area contributed by atoms with Gasteiger partial charge in [-0.05, 0) is 35.4 Å². The summed E-state index contributed by atoms with van der Waals surface area (Å²) in [4.78, 5) is 10.9. The van der Waals surface area contributed by atoms with Crippen molar-refractivity contribution in [1.29, 1.82) is 0 Å². The van der Waals surface area contributed by atoms with Gasteiger partial charge in [0, 0.05) is 48.4 Å². The van der Waals surface area contributed by atoms with Crippen LogP contribution in [0.15, 0.2) is 140 Å². The molecule has 0 aliphatic heterocycles. The molecule has 1 aliphatic rings. The molecule has 47 heavy (non-hydrogen) atoms. The van der Waals surface area contributed by atoms with Crippen LogP contribution in [0.5, 0.6) is 0 Å². The van der Waals surface area contributed by atoms with Crippen LogP contribution in [0.3, 0.4) is 0 Å². The molecule has 6 aromatic carbocycles. The molecule has 0 atom stereocenters. The van der Waals surface area contributed by atoms with Gasteiger partial charge < -0.3 is 4.57 Å². The predicted molar refractivity (Wildman–Crippen MR) is 198 cm³/mol. The van der Waals surface area contributed by atoms with E-state index in [9.17, 15) is 0 Å². The molecule has 4 heteroatoms. The Bertz CT molecular complexity index is 2710. The summed E-state index contributed by atoms with van der Waals surface area (Å²) in [7, 11) is 0. The minimum Gasteiger partial charge on any atom is -0.307 e. The van der Waals surface area contributed by atoms with Crippen molar-refractivity contribution < 1.29 is 0 Å². The van der Waals surface area contributed by atoms with Gasteiger partial charge in [-0.15, -0.1) is 11.3 Å². The van der Waals surface area contributed by atoms with Gasteiger partial charge in [-0.1, -0.05) is 129 Å². The van der Waals surface area contributed by atoms with E-state index in [1.165, 1.54) is 53.1 Å². The molecule has 0 unspecified atom stereocenters. The minimum absolute atomic E-state index is 0.266. The van der Waals surface area contributed by atoms with Crippen molar-refractivity contribution in [3.63, 3.8) is 0 Å². The van der Waals surface area contributed by atoms with Gasteiger partial charge in [0.2, 0.25) is 0 Å². The smallest absolute Gasteiger partial charge is 0.162 e. The number of rotatable bonds is 3. The highest BCUT2D eigenvalue weighted by molar-refractivity contribution is 7.26. The van der Waals surface area contributed by atoms with Gasteiger partial charge >= 0.3 is 0 Å². The molecule has 0 bridgehead atoms. The van der Waals surface area contributed by atoms with Crippen LogP contribution in [0.1, 0.15) is 25.1 Å². The van der Waals surface area contributed by atoms with Gasteiger partial charge in [-0.3, -0.25) is 0 Å². The lowest BCUT2D eigenvalue weighted by molar-refractivity contribution is 0.636. The molecule has 1 aliphatic carbocycles. The van der Waals surface area contributed by atoms with Crippen LogP contribution in [-0.2, 0) is 5.41 Å². The lowest BCUT2D eigenvalue weighted by Gasteiger charge is -2.22. The van der Waals surface area contributed by atoms with Crippen LogP contribution in [-0.4, -0.2) is 14.5 Å². The van der Waals surface area contributed by atoms with Crippen LogP contribution in [0.2, 0.25) is 0 Å². The van der Waals surface area contributed by atoms with E-state index < -0.39 is 0 Å². The first-order valence-corrected chi connectivity index (χ1v) is 16.9. The van der Waals surface area contributed by atoms with Crippen LogP contribution in [0.4, 0.5) is 0 Å². The maximum Gasteiger partial charge on any atom is 0.162 e. The Morgan fingerprint density at radius 3 is 2.13 bits per heavy atom. The van der Waals surface area contributed by atoms with Gasteiger partial charge in [-0.25, -0.2) is 9.97 Å². The largest absolute Gasteiger partial charge is 0.307 e. The number of thiophene rings is 1. The summed E-state index contributed by atoms with van der Waals surface area (Å²) in [6.07, 6.45) is 0. The first-order valence-electron chi connectivity index (χ1n) is 16.1. The second kappa shape index (κ2) is 9.71. The molecule has 0 N–H and O–H groups in total. The molecular weight excluding hydrogens is 591 g/mol. The Hall–Kier alpha value is -5.58. The van der Waals surface area contributed by atoms with E-state index in [4.69, 9.17) is 9.97 Å². The van der Waals surface area contributed by atoms with E-state index in [2.05, 4.69) is 158 Å². The van der Waals surface area contributed by atoms with Crippen molar-refractivity contribution in [2.45, 2.75) is 19.3 Å². The first-order chi connectivity index (χ1) is 23.1. The maximum atomic E-state index is 5.48. The lowest BCUT2D eigenvalue weighted by atomic mass is 9.85. The summed E-state index contributed by atoms with van der Waals surface area (Å²) >= 11 is 1.87. The van der Waals surface area contributed by atoms with Crippen molar-refractivity contribution in [1.82, 2.24) is 14.5 Å². The molecule has 10 rings (SSSR count). The van der Waals surface area contributed by atoms with Gasteiger partial charge in [0.25, 0.3) is 0 Å². The average molecular weight is 620 g/mol. The standard InChI is InChI=1S/C43H29N3S/c1-43(2)33-20-10-6-18-31(33)37-38(26-14-4-3-5-15-26)44-42(45-41(37)43)32-19-8-12-22-35(32)46-34-21-11-7-16-27(34)29-24-25-30-28-17-9-13-23-36(28)47-40(30)39(29)46/h3-25H,1-2H3. The summed E-state index contributed by atoms with van der Waals surface area (Å²) in [6, 6.07) is 50.1. The number of hydrogen-bond donors (Lipinski definition) is 0. The van der Waals surface area contributed by atoms with E-state index in [1.54, 1.807) is 0 Å². The third-order valence-electron chi connectivity index (χ3n) is 9.98. The quantitative estimate of drug-likeness (QED) is 0.197. The fourth-order valence-corrected chi connectivity index (χ4v) is 9.05. The number of benzene rings is 6. The summed E-state index contributed by atoms with van der Waals surface area (Å²) in [5.41, 5.74) is 11.0. The van der Waals surface area contributed by atoms with Gasteiger partial charge in [-0.2, -0.15) is 0 Å². The summed E-state index contributed by atoms with van der Waals surface area (Å²) in [5, 5.41) is 5.09. The molecule has 0 fully saturated rings. The van der Waals surface area contributed by atoms with Crippen LogP contribution in [0.25, 0.3) is 81.4 Å². The summed E-state index contributed by atoms with van der Waals surface area (Å²) < 4.78 is 5.05. The van der Waals surface area contributed by atoms with Crippen LogP contribution >= 0.6 is 11.3 Å². The summed E-state index contributed by atoms with van der Waals surface area (Å²) in [6.45, 7) is 4.58. The monoisotopic (exact) mass is 619 g/mol. The average Bonchev–Trinajstić information content (AvgIpc) is 3.74.